The summed E-state index contributed by atoms with van der Waals surface area (Å²) in [4.78, 5) is 0. The lowest BCUT2D eigenvalue weighted by atomic mass is 9.98. The Morgan fingerprint density at radius 2 is 1.80 bits per heavy atom. The third-order valence-corrected chi connectivity index (χ3v) is 4.49. The maximum Gasteiger partial charge on any atom is 0.0331 e. The molecule has 0 saturated carbocycles. The molecule has 0 saturated heterocycles. The quantitative estimate of drug-likeness (QED) is 0.503. The second kappa shape index (κ2) is 10.4. The molecule has 1 N–H and O–H groups in total. The SMILES string of the molecule is CCCCCCCC(NCCC)c1cc(C)ccc1Br. The van der Waals surface area contributed by atoms with E-state index in [-0.39, 0.29) is 0 Å². The second-order valence-electron chi connectivity index (χ2n) is 5.73. The molecule has 2 heteroatoms. The molecule has 0 spiro atoms. The van der Waals surface area contributed by atoms with Gasteiger partial charge in [-0.15, -0.1) is 0 Å². The Morgan fingerprint density at radius 1 is 1.05 bits per heavy atom. The first-order valence-corrected chi connectivity index (χ1v) is 8.97. The molecule has 0 aliphatic heterocycles. The molecular formula is C18H30BrN. The van der Waals surface area contributed by atoms with Crippen molar-refractivity contribution in [2.24, 2.45) is 0 Å². The van der Waals surface area contributed by atoms with Gasteiger partial charge >= 0.3 is 0 Å². The van der Waals surface area contributed by atoms with Crippen LogP contribution in [0.25, 0.3) is 0 Å². The van der Waals surface area contributed by atoms with Crippen molar-refractivity contribution in [1.29, 1.82) is 0 Å². The molecule has 0 aliphatic carbocycles. The number of hydrogen-bond acceptors (Lipinski definition) is 1. The molecule has 1 rings (SSSR count). The lowest BCUT2D eigenvalue weighted by Crippen LogP contribution is -2.22. The summed E-state index contributed by atoms with van der Waals surface area (Å²) in [6.07, 6.45) is 9.19. The highest BCUT2D eigenvalue weighted by molar-refractivity contribution is 9.10. The van der Waals surface area contributed by atoms with Crippen molar-refractivity contribution in [2.75, 3.05) is 6.54 Å². The van der Waals surface area contributed by atoms with Crippen LogP contribution in [-0.4, -0.2) is 6.54 Å². The Labute approximate surface area is 133 Å². The van der Waals surface area contributed by atoms with Crippen LogP contribution in [0, 0.1) is 6.92 Å². The molecule has 1 atom stereocenters. The van der Waals surface area contributed by atoms with Gasteiger partial charge in [-0.2, -0.15) is 0 Å². The zero-order chi connectivity index (χ0) is 14.8. The largest absolute Gasteiger partial charge is 0.310 e. The number of unbranched alkanes of at least 4 members (excludes halogenated alkanes) is 4. The number of halogens is 1. The van der Waals surface area contributed by atoms with Gasteiger partial charge in [0.05, 0.1) is 0 Å². The summed E-state index contributed by atoms with van der Waals surface area (Å²) in [6.45, 7) is 7.78. The second-order valence-corrected chi connectivity index (χ2v) is 6.59. The van der Waals surface area contributed by atoms with Crippen molar-refractivity contribution < 1.29 is 0 Å². The summed E-state index contributed by atoms with van der Waals surface area (Å²) in [5.41, 5.74) is 2.77. The summed E-state index contributed by atoms with van der Waals surface area (Å²) in [5, 5.41) is 3.71. The third kappa shape index (κ3) is 6.41. The van der Waals surface area contributed by atoms with E-state index < -0.39 is 0 Å². The molecule has 1 aromatic rings. The summed E-state index contributed by atoms with van der Waals surface area (Å²) in [7, 11) is 0. The van der Waals surface area contributed by atoms with Crippen LogP contribution in [0.15, 0.2) is 22.7 Å². The molecule has 0 radical (unpaired) electrons. The molecule has 20 heavy (non-hydrogen) atoms. The first kappa shape index (κ1) is 17.7. The molecule has 1 unspecified atom stereocenters. The average Bonchev–Trinajstić information content (AvgIpc) is 2.45. The maximum atomic E-state index is 3.72. The molecular weight excluding hydrogens is 310 g/mol. The van der Waals surface area contributed by atoms with Crippen LogP contribution < -0.4 is 5.32 Å². The molecule has 0 fully saturated rings. The first-order chi connectivity index (χ1) is 9.69. The van der Waals surface area contributed by atoms with E-state index in [1.54, 1.807) is 0 Å². The van der Waals surface area contributed by atoms with Crippen molar-refractivity contribution in [2.45, 2.75) is 71.8 Å². The van der Waals surface area contributed by atoms with Gasteiger partial charge in [0.1, 0.15) is 0 Å². The summed E-state index contributed by atoms with van der Waals surface area (Å²) in [6, 6.07) is 7.17. The molecule has 0 bridgehead atoms. The lowest BCUT2D eigenvalue weighted by molar-refractivity contribution is 0.466. The van der Waals surface area contributed by atoms with E-state index >= 15 is 0 Å². The normalized spacial score (nSPS) is 12.6. The van der Waals surface area contributed by atoms with Crippen molar-refractivity contribution >= 4 is 15.9 Å². The fraction of sp³-hybridized carbons (Fsp3) is 0.667. The van der Waals surface area contributed by atoms with Crippen molar-refractivity contribution in [1.82, 2.24) is 5.32 Å². The number of hydrogen-bond donors (Lipinski definition) is 1. The minimum Gasteiger partial charge on any atom is -0.310 e. The van der Waals surface area contributed by atoms with Crippen LogP contribution in [0.3, 0.4) is 0 Å². The lowest BCUT2D eigenvalue weighted by Gasteiger charge is -2.21. The molecule has 0 aromatic heterocycles. The van der Waals surface area contributed by atoms with Crippen LogP contribution in [0.2, 0.25) is 0 Å². The van der Waals surface area contributed by atoms with E-state index in [0.717, 1.165) is 6.54 Å². The maximum absolute atomic E-state index is 3.72. The third-order valence-electron chi connectivity index (χ3n) is 3.76. The van der Waals surface area contributed by atoms with Crippen LogP contribution in [0.1, 0.15) is 76.0 Å². The highest BCUT2D eigenvalue weighted by atomic mass is 79.9. The highest BCUT2D eigenvalue weighted by Gasteiger charge is 2.13. The zero-order valence-electron chi connectivity index (χ0n) is 13.3. The smallest absolute Gasteiger partial charge is 0.0331 e. The minimum absolute atomic E-state index is 0.492. The Bertz CT molecular complexity index is 376. The zero-order valence-corrected chi connectivity index (χ0v) is 14.9. The van der Waals surface area contributed by atoms with Gasteiger partial charge in [0.2, 0.25) is 0 Å². The van der Waals surface area contributed by atoms with Gasteiger partial charge in [-0.3, -0.25) is 0 Å². The van der Waals surface area contributed by atoms with Crippen LogP contribution >= 0.6 is 15.9 Å². The van der Waals surface area contributed by atoms with Gasteiger partial charge in [0.15, 0.2) is 0 Å². The predicted octanol–water partition coefficient (Wildman–Crippen LogP) is 6.16. The standard InChI is InChI=1S/C18H30BrN/c1-4-6-7-8-9-10-18(20-13-5-2)16-14-15(3)11-12-17(16)19/h11-12,14,18,20H,4-10,13H2,1-3H3. The Morgan fingerprint density at radius 3 is 2.50 bits per heavy atom. The van der Waals surface area contributed by atoms with E-state index in [9.17, 15) is 0 Å². The van der Waals surface area contributed by atoms with Crippen molar-refractivity contribution in [3.8, 4) is 0 Å². The summed E-state index contributed by atoms with van der Waals surface area (Å²) >= 11 is 3.72. The minimum atomic E-state index is 0.492. The highest BCUT2D eigenvalue weighted by Crippen LogP contribution is 2.28. The number of nitrogens with one attached hydrogen (secondary N) is 1. The Kier molecular flexibility index (Phi) is 9.21. The van der Waals surface area contributed by atoms with Crippen LogP contribution in [0.5, 0.6) is 0 Å². The Hall–Kier alpha value is -0.340. The van der Waals surface area contributed by atoms with Gasteiger partial charge in [-0.1, -0.05) is 79.6 Å². The molecule has 0 aliphatic rings. The average molecular weight is 340 g/mol. The van der Waals surface area contributed by atoms with Gasteiger partial charge in [0, 0.05) is 10.5 Å². The van der Waals surface area contributed by atoms with E-state index in [2.05, 4.69) is 60.2 Å². The van der Waals surface area contributed by atoms with Crippen LogP contribution in [0.4, 0.5) is 0 Å². The summed E-state index contributed by atoms with van der Waals surface area (Å²) in [5.74, 6) is 0. The number of benzene rings is 1. The van der Waals surface area contributed by atoms with E-state index in [4.69, 9.17) is 0 Å². The van der Waals surface area contributed by atoms with E-state index in [1.807, 2.05) is 0 Å². The summed E-state index contributed by atoms with van der Waals surface area (Å²) < 4.78 is 1.24. The van der Waals surface area contributed by atoms with E-state index in [0.29, 0.717) is 6.04 Å². The number of rotatable bonds is 10. The molecule has 1 nitrogen and oxygen atoms in total. The predicted molar refractivity (Wildman–Crippen MR) is 93.3 cm³/mol. The fourth-order valence-electron chi connectivity index (χ4n) is 2.57. The van der Waals surface area contributed by atoms with Crippen molar-refractivity contribution in [3.05, 3.63) is 33.8 Å². The van der Waals surface area contributed by atoms with Gasteiger partial charge in [-0.25, -0.2) is 0 Å². The molecule has 114 valence electrons. The monoisotopic (exact) mass is 339 g/mol. The number of aryl methyl sites for hydroxylation is 1. The van der Waals surface area contributed by atoms with Crippen LogP contribution in [-0.2, 0) is 0 Å². The van der Waals surface area contributed by atoms with Gasteiger partial charge in [0.25, 0.3) is 0 Å². The molecule has 0 amide bonds. The van der Waals surface area contributed by atoms with Gasteiger partial charge in [-0.05, 0) is 37.9 Å². The molecule has 0 heterocycles. The Balaban J connectivity index is 2.60. The topological polar surface area (TPSA) is 12.0 Å². The van der Waals surface area contributed by atoms with Crippen molar-refractivity contribution in [3.63, 3.8) is 0 Å². The fourth-order valence-corrected chi connectivity index (χ4v) is 3.09. The first-order valence-electron chi connectivity index (χ1n) is 8.18. The molecule has 1 aromatic carbocycles. The van der Waals surface area contributed by atoms with E-state index in [1.165, 1.54) is 60.5 Å². The van der Waals surface area contributed by atoms with Gasteiger partial charge < -0.3 is 5.32 Å².